The third-order valence-electron chi connectivity index (χ3n) is 4.08. The molecule has 1 atom stereocenters. The van der Waals surface area contributed by atoms with Crippen LogP contribution >= 0.6 is 0 Å². The van der Waals surface area contributed by atoms with E-state index in [4.69, 9.17) is 10.5 Å². The maximum absolute atomic E-state index is 12.0. The maximum atomic E-state index is 12.0. The van der Waals surface area contributed by atoms with E-state index in [1.165, 1.54) is 4.52 Å². The van der Waals surface area contributed by atoms with Gasteiger partial charge >= 0.3 is 11.9 Å². The van der Waals surface area contributed by atoms with Gasteiger partial charge in [-0.2, -0.15) is 4.98 Å². The molecule has 0 bridgehead atoms. The normalized spacial score (nSPS) is 17.9. The van der Waals surface area contributed by atoms with Crippen LogP contribution in [-0.2, 0) is 9.53 Å². The van der Waals surface area contributed by atoms with E-state index in [1.54, 1.807) is 19.1 Å². The fraction of sp³-hybridized carbons (Fsp3) is 0.467. The molecule has 2 aromatic heterocycles. The molecule has 3 rings (SSSR count). The molecule has 0 aliphatic carbocycles. The summed E-state index contributed by atoms with van der Waals surface area (Å²) >= 11 is 0. The third kappa shape index (κ3) is 2.84. The number of esters is 1. The minimum absolute atomic E-state index is 0.0118. The molecule has 2 aromatic rings. The van der Waals surface area contributed by atoms with Gasteiger partial charge in [-0.05, 0) is 31.9 Å². The second-order valence-corrected chi connectivity index (χ2v) is 5.65. The predicted octanol–water partition coefficient (Wildman–Crippen LogP) is 0.789. The van der Waals surface area contributed by atoms with Crippen LogP contribution in [0.5, 0.6) is 0 Å². The molecule has 0 spiro atoms. The summed E-state index contributed by atoms with van der Waals surface area (Å²) in [6, 6.07) is 3.35. The number of nitrogens with two attached hydrogens (primary N) is 1. The second-order valence-electron chi connectivity index (χ2n) is 5.65. The molecular weight excluding hydrogens is 314 g/mol. The van der Waals surface area contributed by atoms with E-state index in [1.807, 2.05) is 4.90 Å². The summed E-state index contributed by atoms with van der Waals surface area (Å²) in [5.74, 6) is -1.63. The van der Waals surface area contributed by atoms with E-state index < -0.39 is 5.97 Å². The van der Waals surface area contributed by atoms with Gasteiger partial charge in [-0.1, -0.05) is 0 Å². The molecule has 1 saturated heterocycles. The highest BCUT2D eigenvalue weighted by Gasteiger charge is 2.30. The van der Waals surface area contributed by atoms with E-state index in [-0.39, 0.29) is 23.5 Å². The van der Waals surface area contributed by atoms with Gasteiger partial charge in [0.05, 0.1) is 18.2 Å². The standard InChI is InChI=1S/C15H19N5O4/c1-2-24-14(23)9-4-3-7-19(8-9)10-5-6-11-17-15(16)18-20(11)12(10)13(21)22/h5-6,9H,2-4,7-8H2,1H3,(H2,16,18)(H,21,22). The number of carbonyl (C=O) groups excluding carboxylic acids is 1. The van der Waals surface area contributed by atoms with Gasteiger partial charge in [0.2, 0.25) is 5.95 Å². The number of anilines is 2. The summed E-state index contributed by atoms with van der Waals surface area (Å²) < 4.78 is 6.31. The van der Waals surface area contributed by atoms with Gasteiger partial charge in [0, 0.05) is 13.1 Å². The van der Waals surface area contributed by atoms with Crippen LogP contribution in [0.3, 0.4) is 0 Å². The molecule has 1 aliphatic rings. The molecule has 24 heavy (non-hydrogen) atoms. The lowest BCUT2D eigenvalue weighted by Gasteiger charge is -2.33. The molecule has 3 N–H and O–H groups in total. The number of carbonyl (C=O) groups is 2. The van der Waals surface area contributed by atoms with Crippen LogP contribution < -0.4 is 10.6 Å². The summed E-state index contributed by atoms with van der Waals surface area (Å²) in [4.78, 5) is 29.6. The smallest absolute Gasteiger partial charge is 0.356 e. The first kappa shape index (κ1) is 16.0. The highest BCUT2D eigenvalue weighted by atomic mass is 16.5. The van der Waals surface area contributed by atoms with Gasteiger partial charge in [-0.15, -0.1) is 5.10 Å². The number of carboxylic acids is 1. The Bertz CT molecular complexity index is 788. The fourth-order valence-electron chi connectivity index (χ4n) is 3.06. The molecule has 0 radical (unpaired) electrons. The van der Waals surface area contributed by atoms with Crippen molar-refractivity contribution in [3.05, 3.63) is 17.8 Å². The Morgan fingerprint density at radius 2 is 2.25 bits per heavy atom. The first-order chi connectivity index (χ1) is 11.5. The number of nitrogen functional groups attached to an aromatic ring is 1. The lowest BCUT2D eigenvalue weighted by Crippen LogP contribution is -2.40. The van der Waals surface area contributed by atoms with Crippen molar-refractivity contribution in [2.45, 2.75) is 19.8 Å². The summed E-state index contributed by atoms with van der Waals surface area (Å²) in [5.41, 5.74) is 6.42. The van der Waals surface area contributed by atoms with Crippen LogP contribution in [0.15, 0.2) is 12.1 Å². The summed E-state index contributed by atoms with van der Waals surface area (Å²) in [6.07, 6.45) is 1.51. The number of hydrogen-bond acceptors (Lipinski definition) is 7. The number of piperidine rings is 1. The summed E-state index contributed by atoms with van der Waals surface area (Å²) in [5, 5.41) is 13.6. The van der Waals surface area contributed by atoms with Crippen LogP contribution in [0.2, 0.25) is 0 Å². The molecule has 1 unspecified atom stereocenters. The van der Waals surface area contributed by atoms with Crippen molar-refractivity contribution in [2.24, 2.45) is 5.92 Å². The highest BCUT2D eigenvalue weighted by Crippen LogP contribution is 2.28. The van der Waals surface area contributed by atoms with Crippen LogP contribution in [0, 0.1) is 5.92 Å². The van der Waals surface area contributed by atoms with Gasteiger partial charge in [0.15, 0.2) is 11.3 Å². The average Bonchev–Trinajstić information content (AvgIpc) is 2.94. The molecule has 0 amide bonds. The largest absolute Gasteiger partial charge is 0.476 e. The van der Waals surface area contributed by atoms with E-state index in [9.17, 15) is 14.7 Å². The zero-order valence-electron chi connectivity index (χ0n) is 13.3. The number of hydrogen-bond donors (Lipinski definition) is 2. The van der Waals surface area contributed by atoms with Crippen LogP contribution in [0.25, 0.3) is 5.65 Å². The van der Waals surface area contributed by atoms with Crippen LogP contribution in [-0.4, -0.2) is 51.3 Å². The van der Waals surface area contributed by atoms with Crippen molar-refractivity contribution in [3.63, 3.8) is 0 Å². The molecule has 0 saturated carbocycles. The lowest BCUT2D eigenvalue weighted by molar-refractivity contribution is -0.148. The molecule has 0 aromatic carbocycles. The minimum Gasteiger partial charge on any atom is -0.476 e. The van der Waals surface area contributed by atoms with Crippen LogP contribution in [0.4, 0.5) is 11.6 Å². The van der Waals surface area contributed by atoms with Crippen molar-refractivity contribution in [3.8, 4) is 0 Å². The number of fused-ring (bicyclic) bond motifs is 1. The van der Waals surface area contributed by atoms with Crippen LogP contribution in [0.1, 0.15) is 30.3 Å². The molecule has 3 heterocycles. The molecule has 1 aliphatic heterocycles. The molecule has 9 nitrogen and oxygen atoms in total. The average molecular weight is 333 g/mol. The lowest BCUT2D eigenvalue weighted by atomic mass is 9.97. The summed E-state index contributed by atoms with van der Waals surface area (Å²) in [6.45, 7) is 3.17. The van der Waals surface area contributed by atoms with Gasteiger partial charge in [-0.25, -0.2) is 9.31 Å². The second kappa shape index (κ2) is 6.34. The van der Waals surface area contributed by atoms with Gasteiger partial charge in [-0.3, -0.25) is 4.79 Å². The van der Waals surface area contributed by atoms with E-state index in [0.29, 0.717) is 31.0 Å². The summed E-state index contributed by atoms with van der Waals surface area (Å²) in [7, 11) is 0. The van der Waals surface area contributed by atoms with E-state index >= 15 is 0 Å². The molecule has 1 fully saturated rings. The number of aromatic carboxylic acids is 1. The Morgan fingerprint density at radius 3 is 2.96 bits per heavy atom. The number of aromatic nitrogens is 3. The minimum atomic E-state index is -1.13. The van der Waals surface area contributed by atoms with Crippen molar-refractivity contribution < 1.29 is 19.4 Å². The van der Waals surface area contributed by atoms with Crippen molar-refractivity contribution in [1.82, 2.24) is 14.6 Å². The molecule has 9 heteroatoms. The van der Waals surface area contributed by atoms with Gasteiger partial charge in [0.25, 0.3) is 0 Å². The first-order valence-corrected chi connectivity index (χ1v) is 7.81. The van der Waals surface area contributed by atoms with Gasteiger partial charge < -0.3 is 20.5 Å². The van der Waals surface area contributed by atoms with E-state index in [0.717, 1.165) is 12.8 Å². The number of pyridine rings is 1. The van der Waals surface area contributed by atoms with Crippen molar-refractivity contribution in [1.29, 1.82) is 0 Å². The Hall–Kier alpha value is -2.84. The van der Waals surface area contributed by atoms with Crippen molar-refractivity contribution in [2.75, 3.05) is 30.3 Å². The Labute approximate surface area is 138 Å². The monoisotopic (exact) mass is 333 g/mol. The number of nitrogens with zero attached hydrogens (tertiary/aromatic N) is 4. The molecule has 128 valence electrons. The molecular formula is C15H19N5O4. The van der Waals surface area contributed by atoms with Gasteiger partial charge in [0.1, 0.15) is 0 Å². The Kier molecular flexibility index (Phi) is 4.24. The predicted molar refractivity (Wildman–Crippen MR) is 85.9 cm³/mol. The Morgan fingerprint density at radius 1 is 1.46 bits per heavy atom. The first-order valence-electron chi connectivity index (χ1n) is 7.81. The quantitative estimate of drug-likeness (QED) is 0.787. The third-order valence-corrected chi connectivity index (χ3v) is 4.08. The number of carboxylic acid groups (broad SMARTS) is 1. The zero-order valence-corrected chi connectivity index (χ0v) is 13.3. The fourth-order valence-corrected chi connectivity index (χ4v) is 3.06. The SMILES string of the molecule is CCOC(=O)C1CCCN(c2ccc3nc(N)nn3c2C(=O)O)C1. The zero-order chi connectivity index (χ0) is 17.3. The maximum Gasteiger partial charge on any atom is 0.356 e. The highest BCUT2D eigenvalue weighted by molar-refractivity contribution is 5.93. The number of rotatable bonds is 4. The number of ether oxygens (including phenoxy) is 1. The van der Waals surface area contributed by atoms with Crippen molar-refractivity contribution >= 4 is 29.2 Å². The Balaban J connectivity index is 1.97. The topological polar surface area (TPSA) is 123 Å². The van der Waals surface area contributed by atoms with E-state index in [2.05, 4.69) is 10.1 Å².